The number of hydrogen-bond acceptors (Lipinski definition) is 2. The summed E-state index contributed by atoms with van der Waals surface area (Å²) in [7, 11) is -1.82. The Bertz CT molecular complexity index is 645. The smallest absolute Gasteiger partial charge is 0.143 e. The molecule has 0 aromatic heterocycles. The SMILES string of the molecule is CS(=O)c1c(F)cc(Sc2c(F)cccc2F)cc1F. The van der Waals surface area contributed by atoms with Crippen LogP contribution in [0.1, 0.15) is 0 Å². The Kier molecular flexibility index (Phi) is 4.49. The van der Waals surface area contributed by atoms with Gasteiger partial charge in [-0.05, 0) is 24.3 Å². The van der Waals surface area contributed by atoms with Crippen molar-refractivity contribution in [2.75, 3.05) is 6.26 Å². The molecule has 20 heavy (non-hydrogen) atoms. The Morgan fingerprint density at radius 1 is 0.950 bits per heavy atom. The van der Waals surface area contributed by atoms with Gasteiger partial charge in [0.25, 0.3) is 0 Å². The first kappa shape index (κ1) is 15.1. The molecule has 1 unspecified atom stereocenters. The zero-order valence-corrected chi connectivity index (χ0v) is 11.8. The minimum absolute atomic E-state index is 0.0156. The zero-order valence-electron chi connectivity index (χ0n) is 10.1. The summed E-state index contributed by atoms with van der Waals surface area (Å²) < 4.78 is 65.3. The largest absolute Gasteiger partial charge is 0.254 e. The maximum atomic E-state index is 13.6. The van der Waals surface area contributed by atoms with Gasteiger partial charge in [-0.3, -0.25) is 4.21 Å². The van der Waals surface area contributed by atoms with Crippen LogP contribution in [0.5, 0.6) is 0 Å². The lowest BCUT2D eigenvalue weighted by molar-refractivity contribution is 0.528. The first-order valence-electron chi connectivity index (χ1n) is 5.34. The molecule has 106 valence electrons. The summed E-state index contributed by atoms with van der Waals surface area (Å²) in [4.78, 5) is -0.918. The molecular weight excluding hydrogens is 312 g/mol. The van der Waals surface area contributed by atoms with E-state index in [0.717, 1.165) is 30.5 Å². The average molecular weight is 320 g/mol. The molecule has 0 saturated heterocycles. The molecule has 0 bridgehead atoms. The maximum absolute atomic E-state index is 13.6. The van der Waals surface area contributed by atoms with E-state index in [2.05, 4.69) is 0 Å². The molecule has 0 amide bonds. The lowest BCUT2D eigenvalue weighted by Gasteiger charge is -2.07. The molecule has 0 aliphatic carbocycles. The van der Waals surface area contributed by atoms with Crippen LogP contribution in [-0.4, -0.2) is 10.5 Å². The van der Waals surface area contributed by atoms with E-state index in [1.54, 1.807) is 0 Å². The summed E-state index contributed by atoms with van der Waals surface area (Å²) in [6.45, 7) is 0. The second-order valence-electron chi connectivity index (χ2n) is 3.82. The van der Waals surface area contributed by atoms with Gasteiger partial charge >= 0.3 is 0 Å². The van der Waals surface area contributed by atoms with E-state index in [1.807, 2.05) is 0 Å². The van der Waals surface area contributed by atoms with Gasteiger partial charge in [-0.15, -0.1) is 0 Å². The summed E-state index contributed by atoms with van der Waals surface area (Å²) in [6, 6.07) is 5.09. The first-order valence-corrected chi connectivity index (χ1v) is 7.72. The maximum Gasteiger partial charge on any atom is 0.143 e. The highest BCUT2D eigenvalue weighted by Gasteiger charge is 2.17. The van der Waals surface area contributed by atoms with Crippen molar-refractivity contribution in [2.45, 2.75) is 14.7 Å². The van der Waals surface area contributed by atoms with E-state index in [9.17, 15) is 21.8 Å². The molecule has 0 N–H and O–H groups in total. The van der Waals surface area contributed by atoms with Crippen molar-refractivity contribution in [3.05, 3.63) is 53.6 Å². The standard InChI is InChI=1S/C13H8F4OS2/c1-20(18)13-10(16)5-7(6-11(13)17)19-12-8(14)3-2-4-9(12)15/h2-6H,1H3. The normalized spacial score (nSPS) is 12.4. The highest BCUT2D eigenvalue weighted by atomic mass is 32.2. The van der Waals surface area contributed by atoms with Crippen molar-refractivity contribution in [3.63, 3.8) is 0 Å². The van der Waals surface area contributed by atoms with E-state index in [-0.39, 0.29) is 9.79 Å². The van der Waals surface area contributed by atoms with Crippen LogP contribution in [0, 0.1) is 23.3 Å². The molecule has 1 atom stereocenters. The lowest BCUT2D eigenvalue weighted by atomic mass is 10.3. The molecule has 0 saturated carbocycles. The molecule has 2 rings (SSSR count). The second kappa shape index (κ2) is 5.97. The number of halogens is 4. The van der Waals surface area contributed by atoms with Crippen molar-refractivity contribution in [1.82, 2.24) is 0 Å². The quantitative estimate of drug-likeness (QED) is 0.791. The van der Waals surface area contributed by atoms with E-state index in [1.165, 1.54) is 6.07 Å². The van der Waals surface area contributed by atoms with Crippen LogP contribution >= 0.6 is 11.8 Å². The third-order valence-electron chi connectivity index (χ3n) is 2.40. The monoisotopic (exact) mass is 320 g/mol. The van der Waals surface area contributed by atoms with Crippen LogP contribution in [0.4, 0.5) is 17.6 Å². The Morgan fingerprint density at radius 2 is 1.45 bits per heavy atom. The molecule has 1 nitrogen and oxygen atoms in total. The van der Waals surface area contributed by atoms with E-state index < -0.39 is 39.0 Å². The van der Waals surface area contributed by atoms with Gasteiger partial charge in [0, 0.05) is 11.2 Å². The molecule has 0 heterocycles. The lowest BCUT2D eigenvalue weighted by Crippen LogP contribution is -1.98. The van der Waals surface area contributed by atoms with Gasteiger partial charge < -0.3 is 0 Å². The molecule has 0 aliphatic rings. The van der Waals surface area contributed by atoms with Crippen molar-refractivity contribution in [2.24, 2.45) is 0 Å². The molecule has 0 fully saturated rings. The van der Waals surface area contributed by atoms with Crippen LogP contribution < -0.4 is 0 Å². The van der Waals surface area contributed by atoms with E-state index >= 15 is 0 Å². The second-order valence-corrected chi connectivity index (χ2v) is 6.22. The molecule has 7 heteroatoms. The highest BCUT2D eigenvalue weighted by molar-refractivity contribution is 7.99. The Balaban J connectivity index is 2.43. The summed E-state index contributed by atoms with van der Waals surface area (Å²) in [5, 5.41) is 0. The third kappa shape index (κ3) is 3.04. The van der Waals surface area contributed by atoms with Crippen LogP contribution in [0.15, 0.2) is 45.0 Å². The number of hydrogen-bond donors (Lipinski definition) is 0. The van der Waals surface area contributed by atoms with Gasteiger partial charge in [0.05, 0.1) is 15.7 Å². The predicted octanol–water partition coefficient (Wildman–Crippen LogP) is 4.13. The van der Waals surface area contributed by atoms with Gasteiger partial charge in [-0.2, -0.15) is 0 Å². The van der Waals surface area contributed by atoms with Crippen molar-refractivity contribution >= 4 is 22.6 Å². The van der Waals surface area contributed by atoms with Crippen molar-refractivity contribution in [3.8, 4) is 0 Å². The minimum atomic E-state index is -1.82. The third-order valence-corrected chi connectivity index (χ3v) is 4.43. The molecule has 2 aromatic rings. The van der Waals surface area contributed by atoms with Crippen LogP contribution in [-0.2, 0) is 10.8 Å². The summed E-state index contributed by atoms with van der Waals surface area (Å²) in [6.07, 6.45) is 1.14. The van der Waals surface area contributed by atoms with Gasteiger partial charge in [0.15, 0.2) is 0 Å². The molecule has 0 spiro atoms. The fourth-order valence-corrected chi connectivity index (χ4v) is 3.13. The molecule has 0 radical (unpaired) electrons. The van der Waals surface area contributed by atoms with Gasteiger partial charge in [-0.1, -0.05) is 17.8 Å². The van der Waals surface area contributed by atoms with Crippen LogP contribution in [0.2, 0.25) is 0 Å². The van der Waals surface area contributed by atoms with Gasteiger partial charge in [0.2, 0.25) is 0 Å². The Hall–Kier alpha value is -1.34. The fraction of sp³-hybridized carbons (Fsp3) is 0.0769. The number of benzene rings is 2. The highest BCUT2D eigenvalue weighted by Crippen LogP contribution is 2.34. The summed E-state index contributed by atoms with van der Waals surface area (Å²) in [5.74, 6) is -3.66. The minimum Gasteiger partial charge on any atom is -0.254 e. The molecular formula is C13H8F4OS2. The molecule has 0 aliphatic heterocycles. The van der Waals surface area contributed by atoms with Gasteiger partial charge in [0.1, 0.15) is 28.2 Å². The average Bonchev–Trinajstić information content (AvgIpc) is 2.32. The van der Waals surface area contributed by atoms with E-state index in [0.29, 0.717) is 11.8 Å². The Morgan fingerprint density at radius 3 is 1.90 bits per heavy atom. The van der Waals surface area contributed by atoms with Crippen molar-refractivity contribution < 1.29 is 21.8 Å². The topological polar surface area (TPSA) is 17.1 Å². The number of rotatable bonds is 3. The summed E-state index contributed by atoms with van der Waals surface area (Å²) >= 11 is 0.561. The van der Waals surface area contributed by atoms with Crippen LogP contribution in [0.25, 0.3) is 0 Å². The van der Waals surface area contributed by atoms with Gasteiger partial charge in [-0.25, -0.2) is 17.6 Å². The predicted molar refractivity (Wildman–Crippen MR) is 69.2 cm³/mol. The first-order chi connectivity index (χ1) is 9.40. The Labute approximate surface area is 119 Å². The zero-order chi connectivity index (χ0) is 14.9. The molecule has 2 aromatic carbocycles. The fourth-order valence-electron chi connectivity index (χ4n) is 1.57. The summed E-state index contributed by atoms with van der Waals surface area (Å²) in [5.41, 5.74) is 0. The van der Waals surface area contributed by atoms with E-state index in [4.69, 9.17) is 0 Å². The van der Waals surface area contributed by atoms with Crippen LogP contribution in [0.3, 0.4) is 0 Å². The van der Waals surface area contributed by atoms with Crippen molar-refractivity contribution in [1.29, 1.82) is 0 Å².